The van der Waals surface area contributed by atoms with Gasteiger partial charge in [-0.15, -0.1) is 0 Å². The monoisotopic (exact) mass is 698 g/mol. The zero-order valence-corrected chi connectivity index (χ0v) is 30.0. The van der Waals surface area contributed by atoms with Gasteiger partial charge in [-0.25, -0.2) is 0 Å². The number of rotatable bonds is 4. The van der Waals surface area contributed by atoms with Crippen molar-refractivity contribution in [2.24, 2.45) is 0 Å². The lowest BCUT2D eigenvalue weighted by atomic mass is 9.86. The molecule has 1 heteroatoms. The zero-order chi connectivity index (χ0) is 36.0. The SMILES string of the molecule is c1ccc(C2c3ccccc3-c3ccc(-c4ccc5c(c4)-c4ccccc4C5c4ccc5cc(-c6ccc7oc8ccccc8c7c6)ccc5c4)cc32)cc1. The number of para-hydroxylation sites is 1. The smallest absolute Gasteiger partial charge is 0.135 e. The van der Waals surface area contributed by atoms with Gasteiger partial charge in [-0.2, -0.15) is 0 Å². The van der Waals surface area contributed by atoms with Gasteiger partial charge >= 0.3 is 0 Å². The van der Waals surface area contributed by atoms with E-state index in [1.54, 1.807) is 0 Å². The van der Waals surface area contributed by atoms with Crippen LogP contribution in [0.5, 0.6) is 0 Å². The summed E-state index contributed by atoms with van der Waals surface area (Å²) in [5.41, 5.74) is 20.3. The highest BCUT2D eigenvalue weighted by atomic mass is 16.3. The maximum absolute atomic E-state index is 6.10. The van der Waals surface area contributed by atoms with Gasteiger partial charge in [-0.1, -0.05) is 158 Å². The highest BCUT2D eigenvalue weighted by Gasteiger charge is 2.32. The van der Waals surface area contributed by atoms with Crippen LogP contribution in [-0.2, 0) is 0 Å². The van der Waals surface area contributed by atoms with Crippen LogP contribution in [-0.4, -0.2) is 0 Å². The summed E-state index contributed by atoms with van der Waals surface area (Å²) in [6.45, 7) is 0. The summed E-state index contributed by atoms with van der Waals surface area (Å²) < 4.78 is 6.10. The molecule has 2 unspecified atom stereocenters. The molecule has 2 aliphatic rings. The summed E-state index contributed by atoms with van der Waals surface area (Å²) in [7, 11) is 0. The molecule has 10 aromatic rings. The normalized spacial score (nSPS) is 15.3. The van der Waals surface area contributed by atoms with Crippen molar-refractivity contribution in [1.29, 1.82) is 0 Å². The topological polar surface area (TPSA) is 13.1 Å². The molecule has 0 aliphatic heterocycles. The number of hydrogen-bond donors (Lipinski definition) is 0. The number of fused-ring (bicyclic) bond motifs is 10. The van der Waals surface area contributed by atoms with Crippen LogP contribution in [0, 0.1) is 0 Å². The fourth-order valence-electron chi connectivity index (χ4n) is 9.66. The largest absolute Gasteiger partial charge is 0.456 e. The first-order valence-electron chi connectivity index (χ1n) is 19.2. The lowest BCUT2D eigenvalue weighted by Gasteiger charge is -2.17. The van der Waals surface area contributed by atoms with Crippen molar-refractivity contribution in [3.05, 3.63) is 228 Å². The van der Waals surface area contributed by atoms with Crippen molar-refractivity contribution >= 4 is 32.7 Å². The summed E-state index contributed by atoms with van der Waals surface area (Å²) in [6, 6.07) is 71.9. The second-order valence-electron chi connectivity index (χ2n) is 15.2. The minimum atomic E-state index is 0.179. The van der Waals surface area contributed by atoms with E-state index in [1.807, 2.05) is 12.1 Å². The Morgan fingerprint density at radius 3 is 1.73 bits per heavy atom. The second kappa shape index (κ2) is 11.8. The summed E-state index contributed by atoms with van der Waals surface area (Å²) in [5.74, 6) is 0.412. The summed E-state index contributed by atoms with van der Waals surface area (Å²) in [4.78, 5) is 0. The van der Waals surface area contributed by atoms with Crippen molar-refractivity contribution in [1.82, 2.24) is 0 Å². The van der Waals surface area contributed by atoms with Crippen LogP contribution in [0.3, 0.4) is 0 Å². The van der Waals surface area contributed by atoms with Gasteiger partial charge in [0.2, 0.25) is 0 Å². The average molecular weight is 699 g/mol. The van der Waals surface area contributed by atoms with E-state index in [2.05, 4.69) is 182 Å². The molecule has 1 aromatic heterocycles. The van der Waals surface area contributed by atoms with Gasteiger partial charge < -0.3 is 4.42 Å². The van der Waals surface area contributed by atoms with Crippen molar-refractivity contribution < 1.29 is 4.42 Å². The Labute approximate surface area is 319 Å². The molecule has 2 aliphatic carbocycles. The maximum Gasteiger partial charge on any atom is 0.135 e. The first-order valence-corrected chi connectivity index (χ1v) is 19.2. The Morgan fingerprint density at radius 1 is 0.291 bits per heavy atom. The highest BCUT2D eigenvalue weighted by molar-refractivity contribution is 6.06. The Balaban J connectivity index is 0.917. The molecule has 1 nitrogen and oxygen atoms in total. The zero-order valence-electron chi connectivity index (χ0n) is 30.0. The lowest BCUT2D eigenvalue weighted by molar-refractivity contribution is 0.669. The van der Waals surface area contributed by atoms with Crippen molar-refractivity contribution in [3.63, 3.8) is 0 Å². The van der Waals surface area contributed by atoms with E-state index in [-0.39, 0.29) is 11.8 Å². The summed E-state index contributed by atoms with van der Waals surface area (Å²) in [6.07, 6.45) is 0. The predicted molar refractivity (Wildman–Crippen MR) is 228 cm³/mol. The minimum Gasteiger partial charge on any atom is -0.456 e. The standard InChI is InChI=1S/C54H34O/c1-2-10-33(11-3-1)53-45-15-6-4-12-41(45)43-25-22-38(32-50(43)53)37-23-26-47-48(30-37)42-13-5-7-16-46(42)54(47)40-21-20-34-28-35(18-19-36(34)29-40)39-24-27-52-49(31-39)44-14-8-9-17-51(44)55-52/h1-32,53-54H. The summed E-state index contributed by atoms with van der Waals surface area (Å²) >= 11 is 0. The maximum atomic E-state index is 6.10. The van der Waals surface area contributed by atoms with Crippen LogP contribution in [0.15, 0.2) is 199 Å². The lowest BCUT2D eigenvalue weighted by Crippen LogP contribution is -2.00. The van der Waals surface area contributed by atoms with Crippen LogP contribution in [0.2, 0.25) is 0 Å². The Kier molecular flexibility index (Phi) is 6.53. The Bertz CT molecular complexity index is 3160. The van der Waals surface area contributed by atoms with E-state index in [4.69, 9.17) is 4.42 Å². The number of hydrogen-bond acceptors (Lipinski definition) is 1. The van der Waals surface area contributed by atoms with Gasteiger partial charge in [-0.3, -0.25) is 0 Å². The molecule has 0 amide bonds. The third kappa shape index (κ3) is 4.66. The van der Waals surface area contributed by atoms with Crippen LogP contribution >= 0.6 is 0 Å². The second-order valence-corrected chi connectivity index (χ2v) is 15.2. The minimum absolute atomic E-state index is 0.179. The summed E-state index contributed by atoms with van der Waals surface area (Å²) in [5, 5.41) is 4.81. The fourth-order valence-corrected chi connectivity index (χ4v) is 9.66. The molecule has 0 bridgehead atoms. The van der Waals surface area contributed by atoms with E-state index in [1.165, 1.54) is 88.7 Å². The molecule has 0 saturated heterocycles. The fraction of sp³-hybridized carbons (Fsp3) is 0.0370. The third-order valence-corrected chi connectivity index (χ3v) is 12.2. The Morgan fingerprint density at radius 2 is 0.855 bits per heavy atom. The van der Waals surface area contributed by atoms with E-state index in [9.17, 15) is 0 Å². The predicted octanol–water partition coefficient (Wildman–Crippen LogP) is 14.4. The molecule has 0 fully saturated rings. The van der Waals surface area contributed by atoms with Gasteiger partial charge in [0.25, 0.3) is 0 Å². The quantitative estimate of drug-likeness (QED) is 0.178. The van der Waals surface area contributed by atoms with Gasteiger partial charge in [0.15, 0.2) is 0 Å². The van der Waals surface area contributed by atoms with Gasteiger partial charge in [0.1, 0.15) is 11.2 Å². The molecule has 0 N–H and O–H groups in total. The molecule has 0 saturated carbocycles. The van der Waals surface area contributed by atoms with E-state index >= 15 is 0 Å². The van der Waals surface area contributed by atoms with E-state index in [0.717, 1.165) is 21.9 Å². The first kappa shape index (κ1) is 30.5. The van der Waals surface area contributed by atoms with Crippen molar-refractivity contribution in [2.75, 3.05) is 0 Å². The molecule has 0 radical (unpaired) electrons. The van der Waals surface area contributed by atoms with Crippen LogP contribution in [0.25, 0.3) is 77.2 Å². The van der Waals surface area contributed by atoms with Crippen LogP contribution < -0.4 is 0 Å². The van der Waals surface area contributed by atoms with Gasteiger partial charge in [0, 0.05) is 22.6 Å². The molecule has 0 spiro atoms. The molecule has 9 aromatic carbocycles. The molecule has 12 rings (SSSR count). The Hall–Kier alpha value is -6.96. The van der Waals surface area contributed by atoms with Gasteiger partial charge in [-0.05, 0) is 125 Å². The molecule has 55 heavy (non-hydrogen) atoms. The molecular formula is C54H34O. The van der Waals surface area contributed by atoms with E-state index in [0.29, 0.717) is 0 Å². The van der Waals surface area contributed by atoms with Crippen LogP contribution in [0.4, 0.5) is 0 Å². The number of furan rings is 1. The number of benzene rings is 9. The van der Waals surface area contributed by atoms with Crippen molar-refractivity contribution in [2.45, 2.75) is 11.8 Å². The van der Waals surface area contributed by atoms with Crippen LogP contribution in [0.1, 0.15) is 45.2 Å². The molecule has 2 atom stereocenters. The van der Waals surface area contributed by atoms with Crippen molar-refractivity contribution in [3.8, 4) is 44.5 Å². The van der Waals surface area contributed by atoms with Gasteiger partial charge in [0.05, 0.1) is 0 Å². The molecule has 1 heterocycles. The molecular weight excluding hydrogens is 665 g/mol. The first-order chi connectivity index (χ1) is 27.2. The third-order valence-electron chi connectivity index (χ3n) is 12.2. The van der Waals surface area contributed by atoms with E-state index < -0.39 is 0 Å². The average Bonchev–Trinajstić information content (AvgIpc) is 3.90. The molecule has 256 valence electrons. The highest BCUT2D eigenvalue weighted by Crippen LogP contribution is 2.52.